The second kappa shape index (κ2) is 7.83. The van der Waals surface area contributed by atoms with E-state index in [1.54, 1.807) is 0 Å². The first-order chi connectivity index (χ1) is 6.65. The van der Waals surface area contributed by atoms with E-state index in [-0.39, 0.29) is 11.3 Å². The molecular weight excluding hydrogens is 223 g/mol. The molecule has 0 aromatic carbocycles. The topological polar surface area (TPSA) is 34.0 Å². The molecule has 0 saturated carbocycles. The van der Waals surface area contributed by atoms with E-state index in [1.165, 1.54) is 0 Å². The molecule has 80 valence electrons. The van der Waals surface area contributed by atoms with E-state index in [0.717, 1.165) is 0 Å². The first kappa shape index (κ1) is 13.5. The Bertz CT molecular complexity index is 249. The predicted molar refractivity (Wildman–Crippen MR) is 62.5 cm³/mol. The first-order valence-corrected chi connectivity index (χ1v) is 5.22. The average Bonchev–Trinajstić information content (AvgIpc) is 2.15. The van der Waals surface area contributed by atoms with Crippen LogP contribution in [0.5, 0.6) is 0 Å². The Morgan fingerprint density at radius 3 is 2.50 bits per heavy atom. The fraction of sp³-hybridized carbons (Fsp3) is 0.556. The maximum absolute atomic E-state index is 5.68. The van der Waals surface area contributed by atoms with Crippen molar-refractivity contribution in [1.29, 1.82) is 0 Å². The van der Waals surface area contributed by atoms with Crippen LogP contribution >= 0.6 is 23.2 Å². The molecule has 0 spiro atoms. The smallest absolute Gasteiger partial charge is 0.219 e. The molecule has 0 fully saturated rings. The molecule has 0 heterocycles. The van der Waals surface area contributed by atoms with Crippen molar-refractivity contribution in [3.05, 3.63) is 12.3 Å². The summed E-state index contributed by atoms with van der Waals surface area (Å²) in [7, 11) is 0. The lowest BCUT2D eigenvalue weighted by Gasteiger charge is -2.07. The molecule has 0 rings (SSSR count). The van der Waals surface area contributed by atoms with Crippen LogP contribution in [-0.2, 0) is 4.74 Å². The maximum Gasteiger partial charge on any atom is 0.219 e. The van der Waals surface area contributed by atoms with Crippen LogP contribution in [0.1, 0.15) is 20.3 Å². The van der Waals surface area contributed by atoms with Gasteiger partial charge in [-0.1, -0.05) is 13.5 Å². The number of amidine groups is 1. The molecule has 0 radical (unpaired) electrons. The van der Waals surface area contributed by atoms with Gasteiger partial charge in [0.25, 0.3) is 0 Å². The van der Waals surface area contributed by atoms with Crippen molar-refractivity contribution in [2.75, 3.05) is 12.6 Å². The van der Waals surface area contributed by atoms with Crippen LogP contribution in [0, 0.1) is 0 Å². The van der Waals surface area contributed by atoms with Crippen LogP contribution in [-0.4, -0.2) is 23.6 Å². The Kier molecular flexibility index (Phi) is 7.52. The molecule has 5 heteroatoms. The second-order valence-corrected chi connectivity index (χ2v) is 2.89. The van der Waals surface area contributed by atoms with E-state index in [4.69, 9.17) is 27.9 Å². The molecule has 0 bridgehead atoms. The fourth-order valence-corrected chi connectivity index (χ4v) is 1.13. The van der Waals surface area contributed by atoms with Crippen molar-refractivity contribution in [2.45, 2.75) is 20.3 Å². The Morgan fingerprint density at radius 1 is 1.43 bits per heavy atom. The van der Waals surface area contributed by atoms with Gasteiger partial charge in [0.1, 0.15) is 11.8 Å². The molecule has 0 atom stereocenters. The monoisotopic (exact) mass is 236 g/mol. The zero-order valence-corrected chi connectivity index (χ0v) is 9.90. The van der Waals surface area contributed by atoms with Crippen LogP contribution < -0.4 is 0 Å². The number of aliphatic imine (C=N–C) groups is 2. The Morgan fingerprint density at radius 2 is 2.07 bits per heavy atom. The molecule has 0 amide bonds. The van der Waals surface area contributed by atoms with Gasteiger partial charge >= 0.3 is 0 Å². The van der Waals surface area contributed by atoms with Crippen LogP contribution in [0.3, 0.4) is 0 Å². The largest absolute Gasteiger partial charge is 0.493 e. The van der Waals surface area contributed by atoms with Gasteiger partial charge in [-0.2, -0.15) is 0 Å². The quantitative estimate of drug-likeness (QED) is 0.238. The Balaban J connectivity index is 4.54. The van der Waals surface area contributed by atoms with Gasteiger partial charge in [-0.25, -0.2) is 9.98 Å². The third-order valence-electron chi connectivity index (χ3n) is 1.39. The van der Waals surface area contributed by atoms with Crippen LogP contribution in [0.15, 0.2) is 22.3 Å². The minimum atomic E-state index is 0.0977. The molecule has 0 aromatic rings. The lowest BCUT2D eigenvalue weighted by molar-refractivity contribution is 0.250. The zero-order valence-electron chi connectivity index (χ0n) is 8.39. The van der Waals surface area contributed by atoms with Crippen LogP contribution in [0.25, 0.3) is 0 Å². The molecule has 0 saturated heterocycles. The molecule has 0 aliphatic rings. The summed E-state index contributed by atoms with van der Waals surface area (Å²) in [6, 6.07) is 0.0977. The minimum absolute atomic E-state index is 0.0977. The highest BCUT2D eigenvalue weighted by molar-refractivity contribution is 6.65. The molecule has 14 heavy (non-hydrogen) atoms. The molecule has 0 unspecified atom stereocenters. The third-order valence-corrected chi connectivity index (χ3v) is 1.72. The van der Waals surface area contributed by atoms with Crippen molar-refractivity contribution in [3.63, 3.8) is 0 Å². The van der Waals surface area contributed by atoms with Gasteiger partial charge in [-0.15, -0.1) is 11.6 Å². The van der Waals surface area contributed by atoms with E-state index < -0.39 is 0 Å². The van der Waals surface area contributed by atoms with Crippen molar-refractivity contribution >= 4 is 34.2 Å². The van der Waals surface area contributed by atoms with Gasteiger partial charge in [0, 0.05) is 0 Å². The highest BCUT2D eigenvalue weighted by Crippen LogP contribution is 2.04. The molecule has 3 nitrogen and oxygen atoms in total. The average molecular weight is 237 g/mol. The van der Waals surface area contributed by atoms with Gasteiger partial charge in [0.2, 0.25) is 5.29 Å². The van der Waals surface area contributed by atoms with Crippen molar-refractivity contribution in [2.24, 2.45) is 9.98 Å². The number of alkyl halides is 1. The van der Waals surface area contributed by atoms with Crippen LogP contribution in [0.4, 0.5) is 0 Å². The number of allylic oxidation sites excluding steroid dienone is 1. The third kappa shape index (κ3) is 5.25. The lowest BCUT2D eigenvalue weighted by Crippen LogP contribution is -2.06. The molecule has 0 N–H and O–H groups in total. The van der Waals surface area contributed by atoms with Gasteiger partial charge in [0.15, 0.2) is 0 Å². The number of nitrogens with zero attached hydrogens (tertiary/aromatic N) is 2. The SMILES string of the molecule is C=C(OCC)C(CC)=NC(Cl)=NCCl. The first-order valence-electron chi connectivity index (χ1n) is 4.31. The van der Waals surface area contributed by atoms with E-state index in [1.807, 2.05) is 13.8 Å². The summed E-state index contributed by atoms with van der Waals surface area (Å²) >= 11 is 11.0. The number of halogens is 2. The number of rotatable bonds is 5. The van der Waals surface area contributed by atoms with Crippen molar-refractivity contribution in [3.8, 4) is 0 Å². The molecule has 0 aliphatic heterocycles. The number of hydrogen-bond acceptors (Lipinski definition) is 2. The van der Waals surface area contributed by atoms with Gasteiger partial charge in [-0.3, -0.25) is 0 Å². The van der Waals surface area contributed by atoms with E-state index in [2.05, 4.69) is 16.6 Å². The zero-order chi connectivity index (χ0) is 11.0. The van der Waals surface area contributed by atoms with Crippen LogP contribution in [0.2, 0.25) is 0 Å². The van der Waals surface area contributed by atoms with E-state index in [9.17, 15) is 0 Å². The summed E-state index contributed by atoms with van der Waals surface area (Å²) in [6.07, 6.45) is 0.687. The standard InChI is InChI=1S/C9H14Cl2N2O/c1-4-8(7(3)14-5-2)13-9(11)12-6-10/h3-6H2,1-2H3. The summed E-state index contributed by atoms with van der Waals surface area (Å²) in [5.41, 5.74) is 0.686. The van der Waals surface area contributed by atoms with E-state index >= 15 is 0 Å². The van der Waals surface area contributed by atoms with Crippen molar-refractivity contribution in [1.82, 2.24) is 0 Å². The normalized spacial score (nSPS) is 12.9. The highest BCUT2D eigenvalue weighted by Gasteiger charge is 2.03. The fourth-order valence-electron chi connectivity index (χ4n) is 0.792. The summed E-state index contributed by atoms with van der Waals surface area (Å²) in [5, 5.41) is 0.123. The summed E-state index contributed by atoms with van der Waals surface area (Å²) in [6.45, 7) is 8.11. The maximum atomic E-state index is 5.68. The highest BCUT2D eigenvalue weighted by atomic mass is 35.5. The lowest BCUT2D eigenvalue weighted by atomic mass is 10.2. The van der Waals surface area contributed by atoms with Gasteiger partial charge in [0.05, 0.1) is 12.3 Å². The summed E-state index contributed by atoms with van der Waals surface area (Å²) in [4.78, 5) is 7.74. The van der Waals surface area contributed by atoms with Gasteiger partial charge < -0.3 is 4.74 Å². The Labute approximate surface area is 94.5 Å². The predicted octanol–water partition coefficient (Wildman–Crippen LogP) is 3.18. The summed E-state index contributed by atoms with van der Waals surface area (Å²) in [5.74, 6) is 0.526. The Hall–Kier alpha value is -0.540. The van der Waals surface area contributed by atoms with Crippen molar-refractivity contribution < 1.29 is 4.74 Å². The number of hydrogen-bond donors (Lipinski definition) is 0. The molecule has 0 aromatic heterocycles. The second-order valence-electron chi connectivity index (χ2n) is 2.31. The summed E-state index contributed by atoms with van der Waals surface area (Å²) < 4.78 is 5.20. The molecule has 0 aliphatic carbocycles. The van der Waals surface area contributed by atoms with E-state index in [0.29, 0.717) is 24.5 Å². The number of ether oxygens (including phenoxy) is 1. The minimum Gasteiger partial charge on any atom is -0.493 e. The van der Waals surface area contributed by atoms with Gasteiger partial charge in [-0.05, 0) is 24.9 Å². The molecular formula is C9H14Cl2N2O.